The van der Waals surface area contributed by atoms with Crippen molar-refractivity contribution < 1.29 is 0 Å². The van der Waals surface area contributed by atoms with Crippen molar-refractivity contribution in [1.29, 1.82) is 0 Å². The fraction of sp³-hybridized carbons (Fsp3) is 0.842. The lowest BCUT2D eigenvalue weighted by atomic mass is 10.1. The molecule has 1 aromatic heterocycles. The number of hydrogen-bond donors (Lipinski definition) is 2. The third-order valence-corrected chi connectivity index (χ3v) is 4.91. The van der Waals surface area contributed by atoms with E-state index >= 15 is 0 Å². The normalized spacial score (nSPS) is 13.3. The molecule has 0 radical (unpaired) electrons. The Morgan fingerprint density at radius 1 is 1.19 bits per heavy atom. The van der Waals surface area contributed by atoms with Crippen molar-refractivity contribution in [2.24, 2.45) is 10.9 Å². The van der Waals surface area contributed by atoms with Gasteiger partial charge in [-0.15, -0.1) is 10.2 Å². The van der Waals surface area contributed by atoms with Crippen LogP contribution in [0.1, 0.15) is 65.6 Å². The Morgan fingerprint density at radius 3 is 2.58 bits per heavy atom. The van der Waals surface area contributed by atoms with Crippen molar-refractivity contribution in [1.82, 2.24) is 25.4 Å². The molecular weight excluding hydrogens is 344 g/mol. The van der Waals surface area contributed by atoms with E-state index in [-0.39, 0.29) is 0 Å². The molecule has 0 saturated carbocycles. The second kappa shape index (κ2) is 13.0. The molecule has 0 fully saturated rings. The summed E-state index contributed by atoms with van der Waals surface area (Å²) in [4.78, 5) is 4.33. The lowest BCUT2D eigenvalue weighted by molar-refractivity contribution is 0.477. The average Bonchev–Trinajstić information content (AvgIpc) is 2.98. The summed E-state index contributed by atoms with van der Waals surface area (Å²) >= 11 is 1.67. The monoisotopic (exact) mass is 382 g/mol. The second-order valence-electron chi connectivity index (χ2n) is 7.25. The van der Waals surface area contributed by atoms with Gasteiger partial charge >= 0.3 is 0 Å². The fourth-order valence-corrected chi connectivity index (χ4v) is 3.38. The van der Waals surface area contributed by atoms with Crippen molar-refractivity contribution in [3.05, 3.63) is 5.82 Å². The predicted molar refractivity (Wildman–Crippen MR) is 113 cm³/mol. The Hall–Kier alpha value is -1.24. The SMILES string of the molecule is CCCCCC(C)NC(=NC)NCCCc1nnc(SC)n1CC(C)C. The maximum atomic E-state index is 4.39. The van der Waals surface area contributed by atoms with Crippen LogP contribution in [0.3, 0.4) is 0 Å². The number of hydrogen-bond acceptors (Lipinski definition) is 4. The van der Waals surface area contributed by atoms with E-state index in [1.54, 1.807) is 11.8 Å². The van der Waals surface area contributed by atoms with Crippen molar-refractivity contribution >= 4 is 17.7 Å². The summed E-state index contributed by atoms with van der Waals surface area (Å²) in [6.45, 7) is 10.8. The number of unbranched alkanes of at least 4 members (excludes halogenated alkanes) is 2. The molecule has 0 bridgehead atoms. The highest BCUT2D eigenvalue weighted by atomic mass is 32.2. The minimum atomic E-state index is 0.450. The Bertz CT molecular complexity index is 526. The third-order valence-electron chi connectivity index (χ3n) is 4.24. The zero-order valence-corrected chi connectivity index (χ0v) is 18.3. The van der Waals surface area contributed by atoms with Gasteiger partial charge in [-0.2, -0.15) is 0 Å². The van der Waals surface area contributed by atoms with E-state index in [9.17, 15) is 0 Å². The Labute approximate surface area is 164 Å². The maximum Gasteiger partial charge on any atom is 0.191 e. The molecule has 7 heteroatoms. The van der Waals surface area contributed by atoms with Gasteiger partial charge in [0.2, 0.25) is 0 Å². The molecule has 1 heterocycles. The van der Waals surface area contributed by atoms with Crippen LogP contribution in [0, 0.1) is 5.92 Å². The molecule has 0 saturated heterocycles. The van der Waals surface area contributed by atoms with E-state index in [4.69, 9.17) is 0 Å². The molecule has 0 spiro atoms. The first-order chi connectivity index (χ1) is 12.5. The standard InChI is InChI=1S/C19H38N6S/c1-7-8-9-11-16(4)22-18(20-5)21-13-10-12-17-23-24-19(26-6)25(17)14-15(2)3/h15-16H,7-14H2,1-6H3,(H2,20,21,22). The Kier molecular flexibility index (Phi) is 11.4. The van der Waals surface area contributed by atoms with Crippen LogP contribution in [0.25, 0.3) is 0 Å². The van der Waals surface area contributed by atoms with Gasteiger partial charge in [-0.05, 0) is 31.9 Å². The number of thioether (sulfide) groups is 1. The van der Waals surface area contributed by atoms with Crippen LogP contribution < -0.4 is 10.6 Å². The van der Waals surface area contributed by atoms with Gasteiger partial charge in [0.1, 0.15) is 5.82 Å². The molecule has 2 N–H and O–H groups in total. The van der Waals surface area contributed by atoms with Crippen molar-refractivity contribution in [3.63, 3.8) is 0 Å². The molecule has 0 aliphatic heterocycles. The Balaban J connectivity index is 2.39. The molecule has 0 aliphatic carbocycles. The van der Waals surface area contributed by atoms with Gasteiger partial charge in [-0.25, -0.2) is 0 Å². The van der Waals surface area contributed by atoms with E-state index < -0.39 is 0 Å². The van der Waals surface area contributed by atoms with Crippen LogP contribution >= 0.6 is 11.8 Å². The van der Waals surface area contributed by atoms with Crippen LogP contribution in [-0.4, -0.2) is 46.6 Å². The van der Waals surface area contributed by atoms with E-state index in [0.717, 1.165) is 42.9 Å². The van der Waals surface area contributed by atoms with E-state index in [1.807, 2.05) is 7.05 Å². The van der Waals surface area contributed by atoms with Crippen LogP contribution in [0.15, 0.2) is 10.1 Å². The highest BCUT2D eigenvalue weighted by Crippen LogP contribution is 2.16. The van der Waals surface area contributed by atoms with Gasteiger partial charge in [0.25, 0.3) is 0 Å². The Morgan fingerprint density at radius 2 is 1.96 bits per heavy atom. The highest BCUT2D eigenvalue weighted by Gasteiger charge is 2.12. The summed E-state index contributed by atoms with van der Waals surface area (Å²) in [6, 6.07) is 0.450. The molecule has 0 aromatic carbocycles. The number of aliphatic imine (C=N–C) groups is 1. The second-order valence-corrected chi connectivity index (χ2v) is 8.02. The summed E-state index contributed by atoms with van der Waals surface area (Å²) in [5, 5.41) is 16.6. The van der Waals surface area contributed by atoms with Crippen molar-refractivity contribution in [2.45, 2.75) is 84.0 Å². The lowest BCUT2D eigenvalue weighted by Crippen LogP contribution is -2.42. The first kappa shape index (κ1) is 22.8. The molecule has 0 amide bonds. The van der Waals surface area contributed by atoms with Gasteiger partial charge in [-0.1, -0.05) is 51.8 Å². The van der Waals surface area contributed by atoms with Gasteiger partial charge in [0, 0.05) is 32.6 Å². The van der Waals surface area contributed by atoms with Gasteiger partial charge in [-0.3, -0.25) is 4.99 Å². The summed E-state index contributed by atoms with van der Waals surface area (Å²) in [5.74, 6) is 2.56. The number of rotatable bonds is 12. The smallest absolute Gasteiger partial charge is 0.191 e. The largest absolute Gasteiger partial charge is 0.356 e. The molecule has 6 nitrogen and oxygen atoms in total. The molecular formula is C19H38N6S. The summed E-state index contributed by atoms with van der Waals surface area (Å²) < 4.78 is 2.26. The van der Waals surface area contributed by atoms with Crippen molar-refractivity contribution in [3.8, 4) is 0 Å². The van der Waals surface area contributed by atoms with Crippen LogP contribution in [0.5, 0.6) is 0 Å². The molecule has 1 rings (SSSR count). The number of guanidine groups is 1. The molecule has 0 aliphatic rings. The molecule has 1 atom stereocenters. The quantitative estimate of drug-likeness (QED) is 0.250. The third kappa shape index (κ3) is 8.43. The minimum Gasteiger partial charge on any atom is -0.356 e. The number of nitrogens with one attached hydrogen (secondary N) is 2. The fourth-order valence-electron chi connectivity index (χ4n) is 2.86. The molecule has 1 unspecified atom stereocenters. The van der Waals surface area contributed by atoms with Gasteiger partial charge in [0.15, 0.2) is 11.1 Å². The van der Waals surface area contributed by atoms with E-state index in [0.29, 0.717) is 12.0 Å². The van der Waals surface area contributed by atoms with Gasteiger partial charge in [0.05, 0.1) is 0 Å². The predicted octanol–water partition coefficient (Wildman–Crippen LogP) is 3.72. The average molecular weight is 383 g/mol. The zero-order valence-electron chi connectivity index (χ0n) is 17.5. The first-order valence-corrected chi connectivity index (χ1v) is 11.2. The number of aryl methyl sites for hydroxylation is 1. The molecule has 26 heavy (non-hydrogen) atoms. The van der Waals surface area contributed by atoms with Gasteiger partial charge < -0.3 is 15.2 Å². The van der Waals surface area contributed by atoms with E-state index in [2.05, 4.69) is 64.3 Å². The molecule has 1 aromatic rings. The highest BCUT2D eigenvalue weighted by molar-refractivity contribution is 7.98. The van der Waals surface area contributed by atoms with E-state index in [1.165, 1.54) is 25.7 Å². The molecule has 150 valence electrons. The summed E-state index contributed by atoms with van der Waals surface area (Å²) in [7, 11) is 1.83. The lowest BCUT2D eigenvalue weighted by Gasteiger charge is -2.18. The van der Waals surface area contributed by atoms with Crippen LogP contribution in [-0.2, 0) is 13.0 Å². The topological polar surface area (TPSA) is 67.1 Å². The summed E-state index contributed by atoms with van der Waals surface area (Å²) in [5.41, 5.74) is 0. The summed E-state index contributed by atoms with van der Waals surface area (Å²) in [6.07, 6.45) is 9.01. The maximum absolute atomic E-state index is 4.39. The zero-order chi connectivity index (χ0) is 19.4. The van der Waals surface area contributed by atoms with Crippen LogP contribution in [0.4, 0.5) is 0 Å². The van der Waals surface area contributed by atoms with Crippen LogP contribution in [0.2, 0.25) is 0 Å². The number of aromatic nitrogens is 3. The first-order valence-electron chi connectivity index (χ1n) is 9.95. The number of nitrogens with zero attached hydrogens (tertiary/aromatic N) is 4. The minimum absolute atomic E-state index is 0.450. The van der Waals surface area contributed by atoms with Crippen molar-refractivity contribution in [2.75, 3.05) is 19.8 Å².